The van der Waals surface area contributed by atoms with Crippen LogP contribution in [-0.2, 0) is 16.1 Å². The number of nitrogen functional groups attached to an aromatic ring is 1. The van der Waals surface area contributed by atoms with Crippen LogP contribution in [0.3, 0.4) is 0 Å². The van der Waals surface area contributed by atoms with Gasteiger partial charge in [-0.1, -0.05) is 13.3 Å². The van der Waals surface area contributed by atoms with Crippen molar-refractivity contribution in [2.45, 2.75) is 71.9 Å². The zero-order chi connectivity index (χ0) is 23.6. The van der Waals surface area contributed by atoms with Crippen LogP contribution < -0.4 is 15.2 Å². The summed E-state index contributed by atoms with van der Waals surface area (Å²) in [6, 6.07) is 0.824. The lowest BCUT2D eigenvalue weighted by Crippen LogP contribution is -2.21. The summed E-state index contributed by atoms with van der Waals surface area (Å²) in [7, 11) is 1.61. The second-order valence-corrected chi connectivity index (χ2v) is 8.74. The van der Waals surface area contributed by atoms with Crippen molar-refractivity contribution in [1.29, 1.82) is 0 Å². The molecule has 0 amide bonds. The van der Waals surface area contributed by atoms with Crippen LogP contribution in [0.4, 0.5) is 5.82 Å². The number of carbonyl (C=O) groups is 1. The number of methoxy groups -OCH3 is 1. The van der Waals surface area contributed by atoms with Crippen LogP contribution in [0.1, 0.15) is 59.8 Å². The van der Waals surface area contributed by atoms with Crippen LogP contribution in [0.2, 0.25) is 0 Å². The van der Waals surface area contributed by atoms with Gasteiger partial charge in [0.2, 0.25) is 0 Å². The van der Waals surface area contributed by atoms with E-state index < -0.39 is 0 Å². The molecular formula is C22H38N6O4. The standard InChI is InChI=1S/C17H28N6O2.C5H10O2/c1-3-4-12-25-16-20-14(18)13-15(21-16)23(17(19-13)24-2)11-7-10-22-8-5-6-9-22;1-5(2,3)7-4-6/h3-12H2,1-2H3,(H2,18,20,21);4H,1-3H3. The topological polar surface area (TPSA) is 118 Å². The summed E-state index contributed by atoms with van der Waals surface area (Å²) in [5, 5.41) is 0. The van der Waals surface area contributed by atoms with Gasteiger partial charge in [-0.3, -0.25) is 9.36 Å². The van der Waals surface area contributed by atoms with Crippen LogP contribution in [0, 0.1) is 0 Å². The summed E-state index contributed by atoms with van der Waals surface area (Å²) in [5.74, 6) is 0.327. The summed E-state index contributed by atoms with van der Waals surface area (Å²) in [6.45, 7) is 12.9. The summed E-state index contributed by atoms with van der Waals surface area (Å²) >= 11 is 0. The van der Waals surface area contributed by atoms with Gasteiger partial charge in [0.15, 0.2) is 17.0 Å². The largest absolute Gasteiger partial charge is 0.468 e. The minimum atomic E-state index is -0.318. The van der Waals surface area contributed by atoms with E-state index in [0.29, 0.717) is 42.1 Å². The van der Waals surface area contributed by atoms with E-state index in [1.807, 2.05) is 25.3 Å². The number of nitrogens with zero attached hydrogens (tertiary/aromatic N) is 5. The monoisotopic (exact) mass is 450 g/mol. The Morgan fingerprint density at radius 2 is 1.81 bits per heavy atom. The Labute approximate surface area is 190 Å². The predicted molar refractivity (Wildman–Crippen MR) is 124 cm³/mol. The number of imidazole rings is 1. The van der Waals surface area contributed by atoms with Gasteiger partial charge >= 0.3 is 6.01 Å². The highest BCUT2D eigenvalue weighted by molar-refractivity contribution is 5.83. The normalized spacial score (nSPS) is 14.2. The molecule has 3 heterocycles. The first-order valence-corrected chi connectivity index (χ1v) is 11.3. The SMILES string of the molecule is CC(C)(C)OC=O.CCCCOc1nc(N)c2nc(OC)n(CCCN3CCCC3)c2n1. The van der Waals surface area contributed by atoms with Crippen molar-refractivity contribution < 1.29 is 19.0 Å². The molecule has 0 spiro atoms. The van der Waals surface area contributed by atoms with Crippen molar-refractivity contribution >= 4 is 23.5 Å². The molecule has 10 heteroatoms. The van der Waals surface area contributed by atoms with E-state index in [1.165, 1.54) is 25.9 Å². The van der Waals surface area contributed by atoms with Gasteiger partial charge in [0, 0.05) is 6.54 Å². The third kappa shape index (κ3) is 7.81. The molecule has 0 atom stereocenters. The Morgan fingerprint density at radius 1 is 1.09 bits per heavy atom. The van der Waals surface area contributed by atoms with Gasteiger partial charge in [0.25, 0.3) is 12.5 Å². The van der Waals surface area contributed by atoms with Crippen molar-refractivity contribution in [3.63, 3.8) is 0 Å². The van der Waals surface area contributed by atoms with E-state index in [-0.39, 0.29) is 5.60 Å². The molecule has 1 aliphatic rings. The quantitative estimate of drug-likeness (QED) is 0.430. The molecule has 0 unspecified atom stereocenters. The van der Waals surface area contributed by atoms with Crippen molar-refractivity contribution in [3.05, 3.63) is 0 Å². The van der Waals surface area contributed by atoms with Crippen LogP contribution in [0.5, 0.6) is 12.0 Å². The van der Waals surface area contributed by atoms with Crippen molar-refractivity contribution in [2.75, 3.05) is 39.1 Å². The van der Waals surface area contributed by atoms with Crippen LogP contribution in [-0.4, -0.2) is 69.8 Å². The molecule has 0 saturated carbocycles. The van der Waals surface area contributed by atoms with E-state index in [9.17, 15) is 4.79 Å². The maximum atomic E-state index is 9.60. The van der Waals surface area contributed by atoms with E-state index in [2.05, 4.69) is 31.5 Å². The Hall–Kier alpha value is -2.62. The Balaban J connectivity index is 0.000000451. The highest BCUT2D eigenvalue weighted by Crippen LogP contribution is 2.25. The van der Waals surface area contributed by atoms with Gasteiger partial charge in [-0.15, -0.1) is 0 Å². The fraction of sp³-hybridized carbons (Fsp3) is 0.727. The van der Waals surface area contributed by atoms with E-state index in [1.54, 1.807) is 7.11 Å². The molecule has 180 valence electrons. The molecular weight excluding hydrogens is 412 g/mol. The van der Waals surface area contributed by atoms with E-state index in [4.69, 9.17) is 15.2 Å². The van der Waals surface area contributed by atoms with Gasteiger partial charge in [-0.05, 0) is 66.1 Å². The van der Waals surface area contributed by atoms with Crippen LogP contribution >= 0.6 is 0 Å². The molecule has 0 aliphatic carbocycles. The van der Waals surface area contributed by atoms with E-state index in [0.717, 1.165) is 32.4 Å². The number of ether oxygens (including phenoxy) is 3. The summed E-state index contributed by atoms with van der Waals surface area (Å²) in [4.78, 5) is 25.3. The lowest BCUT2D eigenvalue weighted by molar-refractivity contribution is -0.138. The highest BCUT2D eigenvalue weighted by atomic mass is 16.5. The molecule has 2 N–H and O–H groups in total. The third-order valence-corrected chi connectivity index (χ3v) is 4.93. The minimum Gasteiger partial charge on any atom is -0.468 e. The number of aromatic nitrogens is 4. The molecule has 1 fully saturated rings. The molecule has 3 rings (SSSR count). The average Bonchev–Trinajstić information content (AvgIpc) is 3.36. The first kappa shape index (κ1) is 25.6. The van der Waals surface area contributed by atoms with Crippen LogP contribution in [0.15, 0.2) is 0 Å². The number of hydrogen-bond acceptors (Lipinski definition) is 9. The molecule has 2 aromatic rings. The van der Waals surface area contributed by atoms with Crippen molar-refractivity contribution in [3.8, 4) is 12.0 Å². The zero-order valence-corrected chi connectivity index (χ0v) is 20.1. The Bertz CT molecular complexity index is 843. The smallest absolute Gasteiger partial charge is 0.320 e. The van der Waals surface area contributed by atoms with Crippen molar-refractivity contribution in [2.24, 2.45) is 0 Å². The molecule has 1 saturated heterocycles. The zero-order valence-electron chi connectivity index (χ0n) is 20.1. The predicted octanol–water partition coefficient (Wildman–Crippen LogP) is 3.04. The van der Waals surface area contributed by atoms with Gasteiger partial charge < -0.3 is 24.8 Å². The minimum absolute atomic E-state index is 0.307. The first-order chi connectivity index (χ1) is 15.3. The van der Waals surface area contributed by atoms with Crippen molar-refractivity contribution in [1.82, 2.24) is 24.4 Å². The number of fused-ring (bicyclic) bond motifs is 1. The Kier molecular flexibility index (Phi) is 9.96. The second kappa shape index (κ2) is 12.4. The number of aryl methyl sites for hydroxylation is 1. The molecule has 32 heavy (non-hydrogen) atoms. The maximum Gasteiger partial charge on any atom is 0.320 e. The number of rotatable bonds is 10. The molecule has 0 radical (unpaired) electrons. The van der Waals surface area contributed by atoms with E-state index >= 15 is 0 Å². The molecule has 0 aromatic carbocycles. The highest BCUT2D eigenvalue weighted by Gasteiger charge is 2.18. The number of anilines is 1. The van der Waals surface area contributed by atoms with Crippen LogP contribution in [0.25, 0.3) is 11.2 Å². The molecule has 0 bridgehead atoms. The number of likely N-dealkylation sites (tertiary alicyclic amines) is 1. The first-order valence-electron chi connectivity index (χ1n) is 11.3. The molecule has 1 aliphatic heterocycles. The molecule has 2 aromatic heterocycles. The number of carbonyl (C=O) groups excluding carboxylic acids is 1. The summed E-state index contributed by atoms with van der Waals surface area (Å²) < 4.78 is 17.6. The van der Waals surface area contributed by atoms with Gasteiger partial charge in [0.05, 0.1) is 13.7 Å². The number of unbranched alkanes of at least 4 members (excludes halogenated alkanes) is 1. The summed E-state index contributed by atoms with van der Waals surface area (Å²) in [6.07, 6.45) is 5.64. The number of hydrogen-bond donors (Lipinski definition) is 1. The van der Waals surface area contributed by atoms with Gasteiger partial charge in [0.1, 0.15) is 5.60 Å². The lowest BCUT2D eigenvalue weighted by atomic mass is 10.2. The second-order valence-electron chi connectivity index (χ2n) is 8.74. The Morgan fingerprint density at radius 3 is 2.38 bits per heavy atom. The fourth-order valence-corrected chi connectivity index (χ4v) is 3.31. The van der Waals surface area contributed by atoms with Gasteiger partial charge in [-0.25, -0.2) is 0 Å². The number of nitrogens with two attached hydrogens (primary N) is 1. The maximum absolute atomic E-state index is 9.60. The third-order valence-electron chi connectivity index (χ3n) is 4.93. The average molecular weight is 451 g/mol. The molecule has 10 nitrogen and oxygen atoms in total. The summed E-state index contributed by atoms with van der Waals surface area (Å²) in [5.41, 5.74) is 6.99. The van der Waals surface area contributed by atoms with Gasteiger partial charge in [-0.2, -0.15) is 15.0 Å². The fourth-order valence-electron chi connectivity index (χ4n) is 3.31. The lowest BCUT2D eigenvalue weighted by Gasteiger charge is -2.15.